The molecule has 9 heteroatoms. The smallest absolute Gasteiger partial charge is 0.332 e. The van der Waals surface area contributed by atoms with Crippen molar-refractivity contribution >= 4 is 17.9 Å². The lowest BCUT2D eigenvalue weighted by atomic mass is 10.1. The standard InChI is InChI=1S/C13H22N2O7/c16-10(13(21)22)3-5-14-8(11(17)18)4-7-15-6-1-2-9(15)12(19)20/h8-10,14,16H,1-7H2,(H,17,18)(H,19,20)(H,21,22)/t8?,9-,10?/m0/s1. The lowest BCUT2D eigenvalue weighted by Gasteiger charge is -2.23. The van der Waals surface area contributed by atoms with Crippen molar-refractivity contribution in [1.82, 2.24) is 10.2 Å². The molecule has 5 N–H and O–H groups in total. The van der Waals surface area contributed by atoms with Gasteiger partial charge in [0.25, 0.3) is 0 Å². The number of carbonyl (C=O) groups is 3. The molecule has 0 aliphatic carbocycles. The van der Waals surface area contributed by atoms with Crippen LogP contribution in [0.3, 0.4) is 0 Å². The molecule has 9 nitrogen and oxygen atoms in total. The third kappa shape index (κ3) is 5.58. The van der Waals surface area contributed by atoms with Crippen molar-refractivity contribution in [2.45, 2.75) is 43.9 Å². The van der Waals surface area contributed by atoms with Crippen molar-refractivity contribution in [3.63, 3.8) is 0 Å². The maximum Gasteiger partial charge on any atom is 0.332 e. The number of nitrogens with zero attached hydrogens (tertiary/aromatic N) is 1. The van der Waals surface area contributed by atoms with Crippen LogP contribution < -0.4 is 5.32 Å². The highest BCUT2D eigenvalue weighted by atomic mass is 16.4. The minimum Gasteiger partial charge on any atom is -0.480 e. The SMILES string of the molecule is O=C(O)C(O)CCNC(CCN1CCC[C@H]1C(=O)O)C(=O)O. The first-order chi connectivity index (χ1) is 10.3. The van der Waals surface area contributed by atoms with E-state index in [9.17, 15) is 14.4 Å². The molecule has 1 rings (SSSR count). The molecule has 1 fully saturated rings. The monoisotopic (exact) mass is 318 g/mol. The van der Waals surface area contributed by atoms with Gasteiger partial charge in [0.15, 0.2) is 6.10 Å². The third-order valence-corrected chi connectivity index (χ3v) is 3.75. The first-order valence-electron chi connectivity index (χ1n) is 7.17. The topological polar surface area (TPSA) is 147 Å². The van der Waals surface area contributed by atoms with E-state index in [0.717, 1.165) is 6.42 Å². The molecule has 0 aromatic carbocycles. The van der Waals surface area contributed by atoms with Gasteiger partial charge in [-0.1, -0.05) is 0 Å². The fraction of sp³-hybridized carbons (Fsp3) is 0.769. The van der Waals surface area contributed by atoms with E-state index in [1.807, 2.05) is 0 Å². The Hall–Kier alpha value is -1.71. The van der Waals surface area contributed by atoms with Gasteiger partial charge in [0, 0.05) is 6.54 Å². The van der Waals surface area contributed by atoms with Gasteiger partial charge in [-0.3, -0.25) is 14.5 Å². The number of likely N-dealkylation sites (tertiary alicyclic amines) is 1. The maximum atomic E-state index is 11.2. The van der Waals surface area contributed by atoms with Crippen LogP contribution >= 0.6 is 0 Å². The Morgan fingerprint density at radius 2 is 1.82 bits per heavy atom. The summed E-state index contributed by atoms with van der Waals surface area (Å²) in [4.78, 5) is 34.4. The molecule has 126 valence electrons. The number of aliphatic carboxylic acids is 3. The normalized spacial score (nSPS) is 21.4. The molecule has 0 spiro atoms. The summed E-state index contributed by atoms with van der Waals surface area (Å²) in [5.74, 6) is -3.34. The molecule has 1 saturated heterocycles. The summed E-state index contributed by atoms with van der Waals surface area (Å²) in [6, 6.07) is -1.47. The summed E-state index contributed by atoms with van der Waals surface area (Å²) in [7, 11) is 0. The quantitative estimate of drug-likeness (QED) is 0.335. The van der Waals surface area contributed by atoms with Gasteiger partial charge in [-0.15, -0.1) is 0 Å². The number of aliphatic hydroxyl groups is 1. The highest BCUT2D eigenvalue weighted by Gasteiger charge is 2.31. The molecule has 0 aromatic heterocycles. The third-order valence-electron chi connectivity index (χ3n) is 3.75. The number of aliphatic hydroxyl groups excluding tert-OH is 1. The van der Waals surface area contributed by atoms with E-state index < -0.39 is 36.1 Å². The molecule has 2 unspecified atom stereocenters. The second-order valence-electron chi connectivity index (χ2n) is 5.31. The van der Waals surface area contributed by atoms with Crippen LogP contribution in [0, 0.1) is 0 Å². The fourth-order valence-corrected chi connectivity index (χ4v) is 2.50. The number of carboxylic acid groups (broad SMARTS) is 3. The molecular formula is C13H22N2O7. The second-order valence-corrected chi connectivity index (χ2v) is 5.31. The molecule has 0 saturated carbocycles. The predicted octanol–water partition coefficient (Wildman–Crippen LogP) is -1.20. The Balaban J connectivity index is 2.39. The molecule has 1 aliphatic rings. The minimum atomic E-state index is -1.53. The minimum absolute atomic E-state index is 0.0484. The van der Waals surface area contributed by atoms with Crippen LogP contribution in [-0.4, -0.2) is 81.1 Å². The van der Waals surface area contributed by atoms with Crippen LogP contribution in [0.2, 0.25) is 0 Å². The molecule has 1 aliphatic heterocycles. The Morgan fingerprint density at radius 3 is 2.36 bits per heavy atom. The van der Waals surface area contributed by atoms with Crippen molar-refractivity contribution in [1.29, 1.82) is 0 Å². The summed E-state index contributed by atoms with van der Waals surface area (Å²) in [5, 5.41) is 38.5. The molecule has 1 heterocycles. The van der Waals surface area contributed by atoms with Crippen LogP contribution in [0.4, 0.5) is 0 Å². The highest BCUT2D eigenvalue weighted by Crippen LogP contribution is 2.17. The van der Waals surface area contributed by atoms with Crippen molar-refractivity contribution < 1.29 is 34.8 Å². The van der Waals surface area contributed by atoms with Crippen LogP contribution in [0.5, 0.6) is 0 Å². The Kier molecular flexibility index (Phi) is 7.22. The summed E-state index contributed by atoms with van der Waals surface area (Å²) in [5.41, 5.74) is 0. The van der Waals surface area contributed by atoms with Crippen LogP contribution in [0.25, 0.3) is 0 Å². The van der Waals surface area contributed by atoms with Gasteiger partial charge in [-0.05, 0) is 38.8 Å². The van der Waals surface area contributed by atoms with Crippen LogP contribution in [0.1, 0.15) is 25.7 Å². The van der Waals surface area contributed by atoms with Gasteiger partial charge in [-0.2, -0.15) is 0 Å². The molecule has 0 aromatic rings. The number of carboxylic acids is 3. The predicted molar refractivity (Wildman–Crippen MR) is 74.5 cm³/mol. The average molecular weight is 318 g/mol. The molecule has 22 heavy (non-hydrogen) atoms. The van der Waals surface area contributed by atoms with Crippen LogP contribution in [-0.2, 0) is 14.4 Å². The van der Waals surface area contributed by atoms with E-state index in [0.29, 0.717) is 19.5 Å². The van der Waals surface area contributed by atoms with Crippen molar-refractivity contribution in [3.8, 4) is 0 Å². The Morgan fingerprint density at radius 1 is 1.14 bits per heavy atom. The Labute approximate surface area is 127 Å². The second kappa shape index (κ2) is 8.66. The van der Waals surface area contributed by atoms with Gasteiger partial charge in [0.2, 0.25) is 0 Å². The first-order valence-corrected chi connectivity index (χ1v) is 7.17. The zero-order valence-electron chi connectivity index (χ0n) is 12.1. The molecule has 3 atom stereocenters. The van der Waals surface area contributed by atoms with E-state index in [4.69, 9.17) is 20.4 Å². The summed E-state index contributed by atoms with van der Waals surface area (Å²) in [6.45, 7) is 1.01. The fourth-order valence-electron chi connectivity index (χ4n) is 2.50. The number of hydrogen-bond acceptors (Lipinski definition) is 6. The molecular weight excluding hydrogens is 296 g/mol. The number of rotatable bonds is 10. The summed E-state index contributed by atoms with van der Waals surface area (Å²) < 4.78 is 0. The number of nitrogens with one attached hydrogen (secondary N) is 1. The maximum absolute atomic E-state index is 11.2. The van der Waals surface area contributed by atoms with E-state index in [1.54, 1.807) is 4.90 Å². The van der Waals surface area contributed by atoms with Gasteiger partial charge in [0.1, 0.15) is 12.1 Å². The molecule has 0 bridgehead atoms. The van der Waals surface area contributed by atoms with Gasteiger partial charge >= 0.3 is 17.9 Å². The van der Waals surface area contributed by atoms with E-state index in [2.05, 4.69) is 5.32 Å². The molecule has 0 amide bonds. The molecule has 0 radical (unpaired) electrons. The van der Waals surface area contributed by atoms with E-state index in [-0.39, 0.29) is 19.4 Å². The van der Waals surface area contributed by atoms with Crippen LogP contribution in [0.15, 0.2) is 0 Å². The summed E-state index contributed by atoms with van der Waals surface area (Å²) in [6.07, 6.45) is -0.0851. The van der Waals surface area contributed by atoms with Gasteiger partial charge in [0.05, 0.1) is 0 Å². The number of hydrogen-bond donors (Lipinski definition) is 5. The first kappa shape index (κ1) is 18.3. The lowest BCUT2D eigenvalue weighted by Crippen LogP contribution is -2.43. The zero-order chi connectivity index (χ0) is 16.7. The average Bonchev–Trinajstić information content (AvgIpc) is 2.90. The van der Waals surface area contributed by atoms with Gasteiger partial charge < -0.3 is 25.7 Å². The van der Waals surface area contributed by atoms with E-state index >= 15 is 0 Å². The Bertz CT molecular complexity index is 415. The van der Waals surface area contributed by atoms with Crippen molar-refractivity contribution in [2.75, 3.05) is 19.6 Å². The largest absolute Gasteiger partial charge is 0.480 e. The van der Waals surface area contributed by atoms with E-state index in [1.165, 1.54) is 0 Å². The summed E-state index contributed by atoms with van der Waals surface area (Å²) >= 11 is 0. The lowest BCUT2D eigenvalue weighted by molar-refractivity contribution is -0.146. The van der Waals surface area contributed by atoms with Gasteiger partial charge in [-0.25, -0.2) is 4.79 Å². The van der Waals surface area contributed by atoms with Crippen molar-refractivity contribution in [3.05, 3.63) is 0 Å². The highest BCUT2D eigenvalue weighted by molar-refractivity contribution is 5.74. The van der Waals surface area contributed by atoms with Crippen molar-refractivity contribution in [2.24, 2.45) is 0 Å². The zero-order valence-corrected chi connectivity index (χ0v) is 12.1.